The zero-order chi connectivity index (χ0) is 11.5. The Balaban J connectivity index is 2.87. The minimum Gasteiger partial charge on any atom is -0.399 e. The fraction of sp³-hybridized carbons (Fsp3) is 0.250. The Kier molecular flexibility index (Phi) is 3.64. The molecule has 0 heterocycles. The van der Waals surface area contributed by atoms with Crippen LogP contribution in [0.4, 0.5) is 5.69 Å². The number of benzene rings is 1. The van der Waals surface area contributed by atoms with Gasteiger partial charge in [0, 0.05) is 5.69 Å². The van der Waals surface area contributed by atoms with Crippen LogP contribution in [0.1, 0.15) is 0 Å². The molecule has 15 heavy (non-hydrogen) atoms. The fourth-order valence-electron chi connectivity index (χ4n) is 0.949. The molecule has 0 amide bonds. The normalized spacial score (nSPS) is 11.9. The molecule has 1 rings (SSSR count). The van der Waals surface area contributed by atoms with Crippen LogP contribution in [0.25, 0.3) is 0 Å². The summed E-state index contributed by atoms with van der Waals surface area (Å²) < 4.78 is 25.0. The minimum absolute atomic E-state index is 0.0110. The SMILES string of the molecule is Nc1cccc(S(=O)(=O)NCC(O)O)c1. The van der Waals surface area contributed by atoms with Gasteiger partial charge in [-0.2, -0.15) is 0 Å². The molecule has 1 aromatic carbocycles. The Bertz CT molecular complexity index is 430. The van der Waals surface area contributed by atoms with Crippen molar-refractivity contribution in [2.75, 3.05) is 12.3 Å². The van der Waals surface area contributed by atoms with E-state index in [4.69, 9.17) is 15.9 Å². The summed E-state index contributed by atoms with van der Waals surface area (Å²) in [6.45, 7) is -0.461. The van der Waals surface area contributed by atoms with Gasteiger partial charge < -0.3 is 15.9 Å². The topological polar surface area (TPSA) is 113 Å². The average Bonchev–Trinajstić information content (AvgIpc) is 2.15. The number of rotatable bonds is 4. The maximum absolute atomic E-state index is 11.5. The first-order valence-electron chi connectivity index (χ1n) is 4.13. The second-order valence-electron chi connectivity index (χ2n) is 2.91. The molecule has 0 radical (unpaired) electrons. The van der Waals surface area contributed by atoms with Crippen LogP contribution in [0.5, 0.6) is 0 Å². The highest BCUT2D eigenvalue weighted by Crippen LogP contribution is 2.12. The fourth-order valence-corrected chi connectivity index (χ4v) is 2.03. The second kappa shape index (κ2) is 4.58. The quantitative estimate of drug-likeness (QED) is 0.387. The molecule has 0 bridgehead atoms. The Hall–Kier alpha value is -1.15. The van der Waals surface area contributed by atoms with Crippen molar-refractivity contribution in [2.45, 2.75) is 11.2 Å². The van der Waals surface area contributed by atoms with Crippen molar-refractivity contribution in [2.24, 2.45) is 0 Å². The first-order chi connectivity index (χ1) is 6.92. The summed E-state index contributed by atoms with van der Waals surface area (Å²) in [6, 6.07) is 5.70. The number of hydrogen-bond donors (Lipinski definition) is 4. The number of nitrogen functional groups attached to an aromatic ring is 1. The highest BCUT2D eigenvalue weighted by Gasteiger charge is 2.14. The third kappa shape index (κ3) is 3.48. The van der Waals surface area contributed by atoms with Gasteiger partial charge in [0.2, 0.25) is 10.0 Å². The number of sulfonamides is 1. The molecule has 84 valence electrons. The van der Waals surface area contributed by atoms with E-state index in [1.807, 2.05) is 4.72 Å². The summed E-state index contributed by atoms with van der Waals surface area (Å²) in [5, 5.41) is 17.0. The third-order valence-electron chi connectivity index (χ3n) is 1.62. The molecule has 0 atom stereocenters. The van der Waals surface area contributed by atoms with Crippen LogP contribution in [0.2, 0.25) is 0 Å². The molecule has 0 saturated carbocycles. The highest BCUT2D eigenvalue weighted by atomic mass is 32.2. The standard InChI is InChI=1S/C8H12N2O4S/c9-6-2-1-3-7(4-6)15(13,14)10-5-8(11)12/h1-4,8,10-12H,5,9H2. The Morgan fingerprint density at radius 1 is 1.40 bits per heavy atom. The first-order valence-corrected chi connectivity index (χ1v) is 5.61. The monoisotopic (exact) mass is 232 g/mol. The van der Waals surface area contributed by atoms with E-state index in [1.54, 1.807) is 6.07 Å². The maximum atomic E-state index is 11.5. The minimum atomic E-state index is -3.73. The van der Waals surface area contributed by atoms with Crippen molar-refractivity contribution in [3.05, 3.63) is 24.3 Å². The van der Waals surface area contributed by atoms with Gasteiger partial charge in [0.05, 0.1) is 11.4 Å². The van der Waals surface area contributed by atoms with Crippen LogP contribution in [0.15, 0.2) is 29.2 Å². The van der Waals surface area contributed by atoms with E-state index in [0.717, 1.165) is 0 Å². The number of hydrogen-bond acceptors (Lipinski definition) is 5. The number of aliphatic hydroxyl groups excluding tert-OH is 1. The number of nitrogens with two attached hydrogens (primary N) is 1. The molecule has 6 nitrogen and oxygen atoms in total. The zero-order valence-electron chi connectivity index (χ0n) is 7.79. The third-order valence-corrected chi connectivity index (χ3v) is 3.05. The van der Waals surface area contributed by atoms with E-state index in [2.05, 4.69) is 0 Å². The Morgan fingerprint density at radius 3 is 2.60 bits per heavy atom. The van der Waals surface area contributed by atoms with Crippen molar-refractivity contribution < 1.29 is 18.6 Å². The second-order valence-corrected chi connectivity index (χ2v) is 4.67. The van der Waals surface area contributed by atoms with Gasteiger partial charge in [-0.15, -0.1) is 0 Å². The summed E-state index contributed by atoms with van der Waals surface area (Å²) in [4.78, 5) is -0.0110. The molecule has 0 spiro atoms. The lowest BCUT2D eigenvalue weighted by atomic mass is 10.3. The van der Waals surface area contributed by atoms with Crippen LogP contribution < -0.4 is 10.5 Å². The summed E-state index contributed by atoms with van der Waals surface area (Å²) >= 11 is 0. The number of aliphatic hydroxyl groups is 2. The molecular weight excluding hydrogens is 220 g/mol. The number of nitrogens with one attached hydrogen (secondary N) is 1. The molecule has 5 N–H and O–H groups in total. The van der Waals surface area contributed by atoms with Gasteiger partial charge in [-0.3, -0.25) is 0 Å². The van der Waals surface area contributed by atoms with Crippen molar-refractivity contribution in [1.29, 1.82) is 0 Å². The average molecular weight is 232 g/mol. The molecule has 0 aliphatic carbocycles. The lowest BCUT2D eigenvalue weighted by Crippen LogP contribution is -2.31. The molecule has 0 aromatic heterocycles. The van der Waals surface area contributed by atoms with Crippen LogP contribution in [0.3, 0.4) is 0 Å². The predicted molar refractivity (Wildman–Crippen MR) is 54.3 cm³/mol. The molecule has 1 aromatic rings. The molecule has 7 heteroatoms. The van der Waals surface area contributed by atoms with E-state index in [9.17, 15) is 8.42 Å². The summed E-state index contributed by atoms with van der Waals surface area (Å²) in [5.74, 6) is 0. The van der Waals surface area contributed by atoms with Gasteiger partial charge in [-0.05, 0) is 18.2 Å². The summed E-state index contributed by atoms with van der Waals surface area (Å²) in [6.07, 6.45) is -1.72. The van der Waals surface area contributed by atoms with E-state index in [0.29, 0.717) is 5.69 Å². The van der Waals surface area contributed by atoms with Gasteiger partial charge in [0.25, 0.3) is 0 Å². The lowest BCUT2D eigenvalue weighted by Gasteiger charge is -2.07. The van der Waals surface area contributed by atoms with Gasteiger partial charge in [-0.25, -0.2) is 13.1 Å². The molecule has 0 fully saturated rings. The zero-order valence-corrected chi connectivity index (χ0v) is 8.61. The van der Waals surface area contributed by atoms with Crippen molar-refractivity contribution in [1.82, 2.24) is 4.72 Å². The predicted octanol–water partition coefficient (Wildman–Crippen LogP) is -1.14. The van der Waals surface area contributed by atoms with Gasteiger partial charge in [-0.1, -0.05) is 6.07 Å². The highest BCUT2D eigenvalue weighted by molar-refractivity contribution is 7.89. The van der Waals surface area contributed by atoms with Crippen LogP contribution in [-0.2, 0) is 10.0 Å². The van der Waals surface area contributed by atoms with E-state index >= 15 is 0 Å². The number of anilines is 1. The first kappa shape index (κ1) is 11.9. The maximum Gasteiger partial charge on any atom is 0.240 e. The molecule has 0 saturated heterocycles. The van der Waals surface area contributed by atoms with Gasteiger partial charge in [0.15, 0.2) is 6.29 Å². The largest absolute Gasteiger partial charge is 0.399 e. The molecular formula is C8H12N2O4S. The van der Waals surface area contributed by atoms with Crippen LogP contribution in [-0.4, -0.2) is 31.5 Å². The van der Waals surface area contributed by atoms with Crippen molar-refractivity contribution >= 4 is 15.7 Å². The van der Waals surface area contributed by atoms with Crippen molar-refractivity contribution in [3.63, 3.8) is 0 Å². The molecule has 0 aliphatic heterocycles. The van der Waals surface area contributed by atoms with Gasteiger partial charge in [0.1, 0.15) is 0 Å². The van der Waals surface area contributed by atoms with E-state index < -0.39 is 22.9 Å². The smallest absolute Gasteiger partial charge is 0.240 e. The molecule has 0 aliphatic rings. The Morgan fingerprint density at radius 2 is 2.07 bits per heavy atom. The Labute approximate surface area is 87.4 Å². The molecule has 0 unspecified atom stereocenters. The van der Waals surface area contributed by atoms with Gasteiger partial charge >= 0.3 is 0 Å². The van der Waals surface area contributed by atoms with E-state index in [1.165, 1.54) is 18.2 Å². The summed E-state index contributed by atoms with van der Waals surface area (Å²) in [5.41, 5.74) is 5.74. The van der Waals surface area contributed by atoms with Crippen molar-refractivity contribution in [3.8, 4) is 0 Å². The summed E-state index contributed by atoms with van der Waals surface area (Å²) in [7, 11) is -3.73. The lowest BCUT2D eigenvalue weighted by molar-refractivity contribution is -0.0335. The van der Waals surface area contributed by atoms with Crippen LogP contribution >= 0.6 is 0 Å². The van der Waals surface area contributed by atoms with Crippen LogP contribution in [0, 0.1) is 0 Å². The van der Waals surface area contributed by atoms with E-state index in [-0.39, 0.29) is 4.90 Å².